The van der Waals surface area contributed by atoms with Gasteiger partial charge in [-0.15, -0.1) is 0 Å². The van der Waals surface area contributed by atoms with Crippen LogP contribution in [0.1, 0.15) is 12.5 Å². The molecule has 27 heavy (non-hydrogen) atoms. The van der Waals surface area contributed by atoms with Gasteiger partial charge in [0.25, 0.3) is 10.0 Å². The maximum absolute atomic E-state index is 12.3. The Morgan fingerprint density at radius 2 is 1.70 bits per heavy atom. The highest BCUT2D eigenvalue weighted by Crippen LogP contribution is 2.38. The number of methoxy groups -OCH3 is 2. The molecule has 2 aromatic rings. The molecule has 0 aromatic heterocycles. The van der Waals surface area contributed by atoms with E-state index in [1.807, 2.05) is 6.92 Å². The summed E-state index contributed by atoms with van der Waals surface area (Å²) in [6.07, 6.45) is 1.32. The molecule has 146 valence electrons. The van der Waals surface area contributed by atoms with Gasteiger partial charge in [0, 0.05) is 5.56 Å². The van der Waals surface area contributed by atoms with Crippen LogP contribution in [0.15, 0.2) is 40.3 Å². The first-order valence-corrected chi connectivity index (χ1v) is 9.95. The Balaban J connectivity index is 2.25. The van der Waals surface area contributed by atoms with Crippen molar-refractivity contribution in [3.05, 3.63) is 45.9 Å². The highest BCUT2D eigenvalue weighted by molar-refractivity contribution is 7.89. The molecule has 0 fully saturated rings. The van der Waals surface area contributed by atoms with Crippen molar-refractivity contribution in [1.82, 2.24) is 4.83 Å². The predicted molar refractivity (Wildman–Crippen MR) is 105 cm³/mol. The molecule has 2 rings (SSSR count). The Labute approximate surface area is 167 Å². The highest BCUT2D eigenvalue weighted by atomic mass is 35.5. The average Bonchev–Trinajstić information content (AvgIpc) is 2.64. The minimum absolute atomic E-state index is 0.0593. The van der Waals surface area contributed by atoms with E-state index >= 15 is 0 Å². The van der Waals surface area contributed by atoms with Crippen LogP contribution >= 0.6 is 23.2 Å². The van der Waals surface area contributed by atoms with Crippen LogP contribution in [0.4, 0.5) is 0 Å². The summed E-state index contributed by atoms with van der Waals surface area (Å²) < 4.78 is 40.6. The van der Waals surface area contributed by atoms with Crippen LogP contribution in [0.5, 0.6) is 17.2 Å². The lowest BCUT2D eigenvalue weighted by Crippen LogP contribution is -2.18. The van der Waals surface area contributed by atoms with Gasteiger partial charge in [0.2, 0.25) is 5.75 Å². The van der Waals surface area contributed by atoms with E-state index < -0.39 is 10.0 Å². The Morgan fingerprint density at radius 3 is 2.22 bits per heavy atom. The largest absolute Gasteiger partial charge is 0.493 e. The molecule has 0 aliphatic rings. The van der Waals surface area contributed by atoms with Crippen molar-refractivity contribution in [2.24, 2.45) is 5.10 Å². The van der Waals surface area contributed by atoms with Crippen LogP contribution in [-0.2, 0) is 10.0 Å². The van der Waals surface area contributed by atoms with E-state index in [0.717, 1.165) is 0 Å². The van der Waals surface area contributed by atoms with Gasteiger partial charge in [-0.25, -0.2) is 4.83 Å². The number of hydrogen-bond acceptors (Lipinski definition) is 6. The molecule has 0 radical (unpaired) electrons. The number of ether oxygens (including phenoxy) is 3. The third-order valence-electron chi connectivity index (χ3n) is 3.36. The molecule has 0 aliphatic heterocycles. The van der Waals surface area contributed by atoms with E-state index in [9.17, 15) is 8.42 Å². The number of benzene rings is 2. The van der Waals surface area contributed by atoms with Crippen molar-refractivity contribution in [3.63, 3.8) is 0 Å². The van der Waals surface area contributed by atoms with Gasteiger partial charge in [-0.05, 0) is 37.3 Å². The zero-order valence-corrected chi connectivity index (χ0v) is 17.2. The molecule has 0 atom stereocenters. The molecule has 1 N–H and O–H groups in total. The van der Waals surface area contributed by atoms with E-state index in [-0.39, 0.29) is 14.9 Å². The second-order valence-corrected chi connectivity index (χ2v) is 7.59. The quantitative estimate of drug-likeness (QED) is 0.507. The van der Waals surface area contributed by atoms with Crippen molar-refractivity contribution in [2.75, 3.05) is 20.8 Å². The summed E-state index contributed by atoms with van der Waals surface area (Å²) in [5, 5.41) is 4.16. The number of rotatable bonds is 8. The minimum atomic E-state index is -3.90. The van der Waals surface area contributed by atoms with Gasteiger partial charge in [0.05, 0.1) is 42.0 Å². The molecule has 0 amide bonds. The summed E-state index contributed by atoms with van der Waals surface area (Å²) in [6, 6.07) is 7.25. The zero-order chi connectivity index (χ0) is 20.0. The lowest BCUT2D eigenvalue weighted by molar-refractivity contribution is 0.288. The van der Waals surface area contributed by atoms with Gasteiger partial charge in [-0.2, -0.15) is 13.5 Å². The standard InChI is InChI=1S/C17H18Cl2N2O5S/c1-4-26-17-15(24-2)7-11(8-16(17)25-3)10-20-21-27(22,23)12-5-6-13(18)14(19)9-12/h5-10,21H,4H2,1-3H3/b20-10+. The SMILES string of the molecule is CCOc1c(OC)cc(/C=N/NS(=O)(=O)c2ccc(Cl)c(Cl)c2)cc1OC. The van der Waals surface area contributed by atoms with E-state index in [4.69, 9.17) is 37.4 Å². The van der Waals surface area contributed by atoms with E-state index in [0.29, 0.717) is 29.4 Å². The summed E-state index contributed by atoms with van der Waals surface area (Å²) >= 11 is 11.7. The maximum Gasteiger partial charge on any atom is 0.276 e. The van der Waals surface area contributed by atoms with E-state index in [2.05, 4.69) is 9.93 Å². The second-order valence-electron chi connectivity index (χ2n) is 5.12. The predicted octanol–water partition coefficient (Wildman–Crippen LogP) is 3.72. The van der Waals surface area contributed by atoms with Crippen molar-refractivity contribution in [3.8, 4) is 17.2 Å². The van der Waals surface area contributed by atoms with Crippen LogP contribution in [0.3, 0.4) is 0 Å². The minimum Gasteiger partial charge on any atom is -0.493 e. The van der Waals surface area contributed by atoms with Crippen LogP contribution in [0, 0.1) is 0 Å². The fourth-order valence-corrected chi connectivity index (χ4v) is 3.31. The monoisotopic (exact) mass is 432 g/mol. The van der Waals surface area contributed by atoms with Gasteiger partial charge >= 0.3 is 0 Å². The van der Waals surface area contributed by atoms with Crippen LogP contribution < -0.4 is 19.0 Å². The van der Waals surface area contributed by atoms with Crippen molar-refractivity contribution >= 4 is 39.4 Å². The maximum atomic E-state index is 12.3. The third-order valence-corrected chi connectivity index (χ3v) is 5.32. The lowest BCUT2D eigenvalue weighted by atomic mass is 10.2. The van der Waals surface area contributed by atoms with Crippen molar-refractivity contribution in [1.29, 1.82) is 0 Å². The molecule has 7 nitrogen and oxygen atoms in total. The average molecular weight is 433 g/mol. The number of nitrogens with one attached hydrogen (secondary N) is 1. The molecular weight excluding hydrogens is 415 g/mol. The number of nitrogens with zero attached hydrogens (tertiary/aromatic N) is 1. The number of hydrogen-bond donors (Lipinski definition) is 1. The molecule has 0 bridgehead atoms. The highest BCUT2D eigenvalue weighted by Gasteiger charge is 2.15. The van der Waals surface area contributed by atoms with Crippen LogP contribution in [0.2, 0.25) is 10.0 Å². The fraction of sp³-hybridized carbons (Fsp3) is 0.235. The summed E-state index contributed by atoms with van der Waals surface area (Å²) in [5.41, 5.74) is 0.545. The van der Waals surface area contributed by atoms with Gasteiger partial charge in [0.15, 0.2) is 11.5 Å². The first-order chi connectivity index (χ1) is 12.8. The van der Waals surface area contributed by atoms with E-state index in [1.54, 1.807) is 12.1 Å². The molecule has 0 spiro atoms. The molecule has 0 saturated heterocycles. The third kappa shape index (κ3) is 5.18. The lowest BCUT2D eigenvalue weighted by Gasteiger charge is -2.14. The normalized spacial score (nSPS) is 11.4. The summed E-state index contributed by atoms with van der Waals surface area (Å²) in [6.45, 7) is 2.27. The molecular formula is C17H18Cl2N2O5S. The number of hydrazone groups is 1. The van der Waals surface area contributed by atoms with Crippen LogP contribution in [0.25, 0.3) is 0 Å². The Kier molecular flexibility index (Phi) is 7.18. The second kappa shape index (κ2) is 9.16. The Morgan fingerprint density at radius 1 is 1.07 bits per heavy atom. The Bertz CT molecular complexity index is 923. The van der Waals surface area contributed by atoms with Crippen molar-refractivity contribution in [2.45, 2.75) is 11.8 Å². The zero-order valence-electron chi connectivity index (χ0n) is 14.8. The summed E-state index contributed by atoms with van der Waals surface area (Å²) in [5.74, 6) is 1.33. The molecule has 0 saturated carbocycles. The molecule has 0 aliphatic carbocycles. The first-order valence-electron chi connectivity index (χ1n) is 7.71. The molecule has 10 heteroatoms. The van der Waals surface area contributed by atoms with Crippen LogP contribution in [-0.4, -0.2) is 35.5 Å². The molecule has 0 unspecified atom stereocenters. The van der Waals surface area contributed by atoms with Gasteiger partial charge in [-0.3, -0.25) is 0 Å². The molecule has 0 heterocycles. The first kappa shape index (κ1) is 21.1. The smallest absolute Gasteiger partial charge is 0.276 e. The number of halogens is 2. The number of sulfonamides is 1. The summed E-state index contributed by atoms with van der Waals surface area (Å²) in [4.78, 5) is 2.05. The van der Waals surface area contributed by atoms with Gasteiger partial charge in [0.1, 0.15) is 0 Å². The molecule has 2 aromatic carbocycles. The fourth-order valence-electron chi connectivity index (χ4n) is 2.13. The van der Waals surface area contributed by atoms with Gasteiger partial charge < -0.3 is 14.2 Å². The topological polar surface area (TPSA) is 86.2 Å². The Hall–Kier alpha value is -2.16. The summed E-state index contributed by atoms with van der Waals surface area (Å²) in [7, 11) is -0.913. The van der Waals surface area contributed by atoms with E-state index in [1.165, 1.54) is 38.6 Å². The van der Waals surface area contributed by atoms with Crippen molar-refractivity contribution < 1.29 is 22.6 Å². The van der Waals surface area contributed by atoms with Gasteiger partial charge in [-0.1, -0.05) is 23.2 Å².